The van der Waals surface area contributed by atoms with Gasteiger partial charge in [-0.05, 0) is 62.3 Å². The van der Waals surface area contributed by atoms with Crippen LogP contribution >= 0.6 is 58.4 Å². The van der Waals surface area contributed by atoms with Crippen LogP contribution in [0.5, 0.6) is 0 Å². The first-order valence-electron chi connectivity index (χ1n) is 10.3. The largest absolute Gasteiger partial charge is 0.360 e. The molecule has 1 fully saturated rings. The molecular formula is C22H23Cl3N4S2. The van der Waals surface area contributed by atoms with Gasteiger partial charge in [0.15, 0.2) is 5.11 Å². The number of thiophene rings is 1. The molecule has 1 aliphatic carbocycles. The molecule has 2 N–H and O–H groups in total. The minimum absolute atomic E-state index is 0.462. The van der Waals surface area contributed by atoms with Crippen LogP contribution in [0.4, 0.5) is 0 Å². The highest BCUT2D eigenvalue weighted by Crippen LogP contribution is 2.37. The van der Waals surface area contributed by atoms with E-state index in [-0.39, 0.29) is 0 Å². The fourth-order valence-corrected chi connectivity index (χ4v) is 5.77. The van der Waals surface area contributed by atoms with Crippen LogP contribution in [0.3, 0.4) is 0 Å². The Morgan fingerprint density at radius 1 is 1.16 bits per heavy atom. The summed E-state index contributed by atoms with van der Waals surface area (Å²) < 4.78 is 2.59. The lowest BCUT2D eigenvalue weighted by Gasteiger charge is -2.24. The van der Waals surface area contributed by atoms with Crippen LogP contribution in [0.1, 0.15) is 43.4 Å². The highest BCUT2D eigenvalue weighted by molar-refractivity contribution is 7.80. The van der Waals surface area contributed by atoms with Crippen LogP contribution in [0.15, 0.2) is 30.3 Å². The molecule has 2 heterocycles. The summed E-state index contributed by atoms with van der Waals surface area (Å²) in [4.78, 5) is 1.02. The van der Waals surface area contributed by atoms with Crippen LogP contribution < -0.4 is 10.6 Å². The van der Waals surface area contributed by atoms with Crippen LogP contribution in [0.25, 0.3) is 16.3 Å². The maximum Gasteiger partial charge on any atom is 0.166 e. The zero-order valence-corrected chi connectivity index (χ0v) is 21.0. The van der Waals surface area contributed by atoms with Crippen molar-refractivity contribution in [2.45, 2.75) is 51.6 Å². The monoisotopic (exact) mass is 512 g/mol. The summed E-state index contributed by atoms with van der Waals surface area (Å²) >= 11 is 25.9. The topological polar surface area (TPSA) is 41.9 Å². The Morgan fingerprint density at radius 3 is 2.61 bits per heavy atom. The van der Waals surface area contributed by atoms with Crippen LogP contribution in [-0.4, -0.2) is 20.9 Å². The molecule has 0 atom stereocenters. The summed E-state index contributed by atoms with van der Waals surface area (Å²) in [6, 6.07) is 9.77. The molecule has 0 unspecified atom stereocenters. The average molecular weight is 514 g/mol. The smallest absolute Gasteiger partial charge is 0.166 e. The first-order valence-corrected chi connectivity index (χ1v) is 12.6. The predicted molar refractivity (Wildman–Crippen MR) is 136 cm³/mol. The van der Waals surface area contributed by atoms with Crippen molar-refractivity contribution in [1.82, 2.24) is 20.4 Å². The van der Waals surface area contributed by atoms with Gasteiger partial charge >= 0.3 is 0 Å². The second-order valence-electron chi connectivity index (χ2n) is 7.69. The number of halogens is 3. The maximum absolute atomic E-state index is 6.51. The lowest BCUT2D eigenvalue weighted by Crippen LogP contribution is -2.42. The number of benzene rings is 1. The summed E-state index contributed by atoms with van der Waals surface area (Å²) in [6.45, 7) is 2.58. The van der Waals surface area contributed by atoms with Gasteiger partial charge in [0.25, 0.3) is 0 Å². The van der Waals surface area contributed by atoms with Crippen molar-refractivity contribution in [3.05, 3.63) is 56.0 Å². The molecule has 1 aromatic carbocycles. The standard InChI is InChI=1S/C22H23Cl3N4S2/c1-13-17(12-26-22(30)27-15-5-3-2-4-6-15)28-29(18-8-7-14(23)11-16(18)24)21(13)19-9-10-20(25)31-19/h7-11,15H,2-6,12H2,1H3,(H2,26,27,30). The van der Waals surface area contributed by atoms with Gasteiger partial charge in [-0.3, -0.25) is 0 Å². The highest BCUT2D eigenvalue weighted by atomic mass is 35.5. The molecule has 3 aromatic rings. The van der Waals surface area contributed by atoms with Gasteiger partial charge < -0.3 is 10.6 Å². The van der Waals surface area contributed by atoms with Crippen molar-refractivity contribution in [3.8, 4) is 16.3 Å². The van der Waals surface area contributed by atoms with Gasteiger partial charge in [-0.25, -0.2) is 4.68 Å². The van der Waals surface area contributed by atoms with E-state index in [0.717, 1.165) is 31.9 Å². The van der Waals surface area contributed by atoms with E-state index in [1.165, 1.54) is 43.4 Å². The second kappa shape index (κ2) is 10.1. The molecule has 4 nitrogen and oxygen atoms in total. The number of nitrogens with zero attached hydrogens (tertiary/aromatic N) is 2. The molecular weight excluding hydrogens is 491 g/mol. The Hall–Kier alpha value is -1.31. The summed E-state index contributed by atoms with van der Waals surface area (Å²) in [5.41, 5.74) is 3.68. The van der Waals surface area contributed by atoms with E-state index in [1.807, 2.05) is 28.9 Å². The Balaban J connectivity index is 1.61. The molecule has 31 heavy (non-hydrogen) atoms. The molecule has 0 saturated heterocycles. The summed E-state index contributed by atoms with van der Waals surface area (Å²) in [5, 5.41) is 13.4. The van der Waals surface area contributed by atoms with E-state index in [4.69, 9.17) is 52.1 Å². The number of hydrogen-bond acceptors (Lipinski definition) is 3. The molecule has 0 aliphatic heterocycles. The van der Waals surface area contributed by atoms with E-state index in [1.54, 1.807) is 6.07 Å². The summed E-state index contributed by atoms with van der Waals surface area (Å²) in [6.07, 6.45) is 6.19. The van der Waals surface area contributed by atoms with Gasteiger partial charge in [0.1, 0.15) is 0 Å². The first-order chi connectivity index (χ1) is 14.9. The summed E-state index contributed by atoms with van der Waals surface area (Å²) in [5.74, 6) is 0. The van der Waals surface area contributed by atoms with Crippen LogP contribution in [-0.2, 0) is 6.54 Å². The van der Waals surface area contributed by atoms with Crippen LogP contribution in [0.2, 0.25) is 14.4 Å². The molecule has 0 bridgehead atoms. The van der Waals surface area contributed by atoms with E-state index >= 15 is 0 Å². The molecule has 1 aliphatic rings. The van der Waals surface area contributed by atoms with Gasteiger partial charge in [0, 0.05) is 16.6 Å². The van der Waals surface area contributed by atoms with Crippen LogP contribution in [0, 0.1) is 6.92 Å². The number of nitrogens with one attached hydrogen (secondary N) is 2. The molecule has 164 valence electrons. The number of aromatic nitrogens is 2. The van der Waals surface area contributed by atoms with Crippen molar-refractivity contribution in [2.24, 2.45) is 0 Å². The van der Waals surface area contributed by atoms with E-state index < -0.39 is 0 Å². The molecule has 0 amide bonds. The fourth-order valence-electron chi connectivity index (χ4n) is 3.91. The van der Waals surface area contributed by atoms with E-state index in [2.05, 4.69) is 17.6 Å². The maximum atomic E-state index is 6.51. The van der Waals surface area contributed by atoms with E-state index in [9.17, 15) is 0 Å². The predicted octanol–water partition coefficient (Wildman–Crippen LogP) is 7.17. The Morgan fingerprint density at radius 2 is 1.94 bits per heavy atom. The lowest BCUT2D eigenvalue weighted by molar-refractivity contribution is 0.412. The lowest BCUT2D eigenvalue weighted by atomic mass is 9.96. The number of rotatable bonds is 5. The molecule has 1 saturated carbocycles. The number of thiocarbonyl (C=S) groups is 1. The normalized spacial score (nSPS) is 14.6. The fraction of sp³-hybridized carbons (Fsp3) is 0.364. The van der Waals surface area contributed by atoms with E-state index in [0.29, 0.717) is 27.7 Å². The minimum Gasteiger partial charge on any atom is -0.360 e. The van der Waals surface area contributed by atoms with Crippen molar-refractivity contribution in [3.63, 3.8) is 0 Å². The number of hydrogen-bond donors (Lipinski definition) is 2. The van der Waals surface area contributed by atoms with Crippen molar-refractivity contribution in [2.75, 3.05) is 0 Å². The molecule has 0 spiro atoms. The molecule has 4 rings (SSSR count). The quantitative estimate of drug-likeness (QED) is 0.355. The minimum atomic E-state index is 0.462. The average Bonchev–Trinajstić information content (AvgIpc) is 3.30. The molecule has 2 aromatic heterocycles. The van der Waals surface area contributed by atoms with Gasteiger partial charge in [-0.2, -0.15) is 5.10 Å². The van der Waals surface area contributed by atoms with Gasteiger partial charge in [0.2, 0.25) is 0 Å². The third-order valence-corrected chi connectivity index (χ3v) is 7.56. The van der Waals surface area contributed by atoms with Crippen molar-refractivity contribution in [1.29, 1.82) is 0 Å². The Labute approximate surface area is 206 Å². The zero-order chi connectivity index (χ0) is 22.0. The summed E-state index contributed by atoms with van der Waals surface area (Å²) in [7, 11) is 0. The second-order valence-corrected chi connectivity index (χ2v) is 10.7. The van der Waals surface area contributed by atoms with Gasteiger partial charge in [0.05, 0.1) is 37.9 Å². The third kappa shape index (κ3) is 5.37. The third-order valence-electron chi connectivity index (χ3n) is 5.52. The molecule has 0 radical (unpaired) electrons. The van der Waals surface area contributed by atoms with Gasteiger partial charge in [-0.1, -0.05) is 54.1 Å². The Kier molecular flexibility index (Phi) is 7.44. The highest BCUT2D eigenvalue weighted by Gasteiger charge is 2.21. The zero-order valence-electron chi connectivity index (χ0n) is 17.1. The van der Waals surface area contributed by atoms with Crippen molar-refractivity contribution < 1.29 is 0 Å². The first kappa shape index (κ1) is 22.9. The SMILES string of the molecule is Cc1c(CNC(=S)NC2CCCCC2)nn(-c2ccc(Cl)cc2Cl)c1-c1ccc(Cl)s1. The van der Waals surface area contributed by atoms with Crippen molar-refractivity contribution >= 4 is 63.5 Å². The molecule has 9 heteroatoms. The van der Waals surface area contributed by atoms with Gasteiger partial charge in [-0.15, -0.1) is 11.3 Å². The Bertz CT molecular complexity index is 1090.